The number of hydrogen-bond donors (Lipinski definition) is 5. The number of rotatable bonds is 11. The van der Waals surface area contributed by atoms with Gasteiger partial charge in [-0.2, -0.15) is 0 Å². The molecule has 2 fully saturated rings. The number of fused-ring (bicyclic) bond motifs is 6. The van der Waals surface area contributed by atoms with Crippen molar-refractivity contribution in [3.05, 3.63) is 108 Å². The average molecular weight is 907 g/mol. The van der Waals surface area contributed by atoms with Crippen molar-refractivity contribution in [1.29, 1.82) is 0 Å². The normalized spacial score (nSPS) is 19.7. The van der Waals surface area contributed by atoms with Crippen LogP contribution >= 0.6 is 0 Å². The number of aromatic amines is 2. The fraction of sp³-hybridized carbons (Fsp3) is 0.385. The van der Waals surface area contributed by atoms with E-state index in [0.717, 1.165) is 61.2 Å². The van der Waals surface area contributed by atoms with E-state index < -0.39 is 35.9 Å². The predicted octanol–water partition coefficient (Wildman–Crippen LogP) is 9.42. The molecule has 0 spiro atoms. The van der Waals surface area contributed by atoms with Gasteiger partial charge in [-0.1, -0.05) is 87.5 Å². The van der Waals surface area contributed by atoms with Gasteiger partial charge in [-0.15, -0.1) is 0 Å². The van der Waals surface area contributed by atoms with Crippen molar-refractivity contribution < 1.29 is 33.8 Å². The first kappa shape index (κ1) is 45.2. The molecule has 9 rings (SSSR count). The monoisotopic (exact) mass is 906 g/mol. The third-order valence-electron chi connectivity index (χ3n) is 13.1. The summed E-state index contributed by atoms with van der Waals surface area (Å²) in [7, 11) is 1.66. The molecule has 4 heterocycles. The number of nitrogens with zero attached hydrogens (tertiary/aromatic N) is 4. The van der Waals surface area contributed by atoms with E-state index in [1.54, 1.807) is 32.8 Å². The SMILES string of the molecule is COC[C@H]1C[C@@H](c2nc3ccc4cc(-c5ccc6c(ccc7nc([C@@H]8C[C@H](C)CN8C(=O)C(NC(=O)O)C(C)C)[nH]c76)c5)ccc4c3[nH]2)N(C(=O)C(NC(=O)OC(C)(C)C)c2ccccc2)C1. The Morgan fingerprint density at radius 3 is 1.87 bits per heavy atom. The van der Waals surface area contributed by atoms with Crippen LogP contribution in [-0.2, 0) is 19.1 Å². The van der Waals surface area contributed by atoms with Crippen molar-refractivity contribution in [2.45, 2.75) is 84.2 Å². The molecule has 15 nitrogen and oxygen atoms in total. The molecular formula is C52H58N8O7. The quantitative estimate of drug-likeness (QED) is 0.0840. The number of methoxy groups -OCH3 is 1. The Labute approximate surface area is 388 Å². The molecule has 67 heavy (non-hydrogen) atoms. The Balaban J connectivity index is 0.992. The van der Waals surface area contributed by atoms with Crippen LogP contribution in [0.5, 0.6) is 0 Å². The summed E-state index contributed by atoms with van der Waals surface area (Å²) in [6, 6.07) is 27.6. The number of alkyl carbamates (subject to hydrolysis) is 1. The lowest BCUT2D eigenvalue weighted by atomic mass is 9.98. The van der Waals surface area contributed by atoms with Gasteiger partial charge < -0.3 is 45.0 Å². The van der Waals surface area contributed by atoms with Crippen LogP contribution in [0.2, 0.25) is 0 Å². The number of aromatic nitrogens is 4. The van der Waals surface area contributed by atoms with Crippen LogP contribution in [0.4, 0.5) is 9.59 Å². The number of H-pyrrole nitrogens is 2. The molecule has 4 amide bonds. The number of carbonyl (C=O) groups is 4. The standard InChI is InChI=1S/C52H58N8O7/c1-28(2)42(57-50(63)64)48(61)59-25-29(3)21-40(59)46-53-38-19-15-34-23-32(13-17-36(34)44(38)55-46)33-14-18-37-35(24-33)16-20-39-45(37)56-47(54-39)41-22-30(27-66-7)26-60(41)49(62)43(31-11-9-8-10-12-31)58-51(65)67-52(4,5)6/h8-20,23-24,28-30,40-43,57H,21-22,25-27H2,1-7H3,(H,53,55)(H,54,56)(H,58,65)(H,63,64)/t29-,30-,40-,41-,42?,43?/m0/s1. The Morgan fingerprint density at radius 1 is 0.761 bits per heavy atom. The van der Waals surface area contributed by atoms with Gasteiger partial charge in [-0.05, 0) is 97.2 Å². The summed E-state index contributed by atoms with van der Waals surface area (Å²) in [6.45, 7) is 12.6. The minimum absolute atomic E-state index is 0.0576. The first-order valence-electron chi connectivity index (χ1n) is 23.0. The zero-order chi connectivity index (χ0) is 47.3. The number of carbonyl (C=O) groups excluding carboxylic acids is 3. The maximum absolute atomic E-state index is 14.6. The molecule has 0 aliphatic carbocycles. The highest BCUT2D eigenvalue weighted by atomic mass is 16.6. The van der Waals surface area contributed by atoms with Crippen molar-refractivity contribution in [3.8, 4) is 11.1 Å². The van der Waals surface area contributed by atoms with Crippen molar-refractivity contribution >= 4 is 67.6 Å². The fourth-order valence-corrected chi connectivity index (χ4v) is 10.0. The molecule has 6 atom stereocenters. The highest BCUT2D eigenvalue weighted by Gasteiger charge is 2.42. The van der Waals surface area contributed by atoms with Crippen LogP contribution in [-0.4, -0.2) is 97.3 Å². The molecule has 0 saturated carbocycles. The van der Waals surface area contributed by atoms with Gasteiger partial charge in [-0.3, -0.25) is 9.59 Å². The summed E-state index contributed by atoms with van der Waals surface area (Å²) in [4.78, 5) is 73.9. The van der Waals surface area contributed by atoms with Gasteiger partial charge in [0, 0.05) is 36.9 Å². The highest BCUT2D eigenvalue weighted by Crippen LogP contribution is 2.40. The number of benzene rings is 5. The minimum atomic E-state index is -1.22. The van der Waals surface area contributed by atoms with Gasteiger partial charge >= 0.3 is 12.2 Å². The van der Waals surface area contributed by atoms with Gasteiger partial charge in [0.05, 0.1) is 40.8 Å². The fourth-order valence-electron chi connectivity index (χ4n) is 10.0. The van der Waals surface area contributed by atoms with Crippen LogP contribution in [0.25, 0.3) is 54.7 Å². The number of nitrogens with one attached hydrogen (secondary N) is 4. The molecule has 2 unspecified atom stereocenters. The Hall–Kier alpha value is -7.00. The summed E-state index contributed by atoms with van der Waals surface area (Å²) in [6.07, 6.45) is -0.541. The zero-order valence-corrected chi connectivity index (χ0v) is 38.9. The molecule has 0 radical (unpaired) electrons. The lowest BCUT2D eigenvalue weighted by Crippen LogP contribution is -2.50. The van der Waals surface area contributed by atoms with Crippen LogP contribution in [0.15, 0.2) is 91.0 Å². The molecule has 2 saturated heterocycles. The first-order chi connectivity index (χ1) is 32.0. The summed E-state index contributed by atoms with van der Waals surface area (Å²) < 4.78 is 11.2. The minimum Gasteiger partial charge on any atom is -0.465 e. The second kappa shape index (κ2) is 18.0. The number of carboxylic acid groups (broad SMARTS) is 1. The van der Waals surface area contributed by atoms with Gasteiger partial charge in [0.2, 0.25) is 5.91 Å². The van der Waals surface area contributed by atoms with Crippen LogP contribution in [0.1, 0.15) is 89.7 Å². The van der Waals surface area contributed by atoms with E-state index in [2.05, 4.69) is 76.1 Å². The smallest absolute Gasteiger partial charge is 0.408 e. The van der Waals surface area contributed by atoms with E-state index in [4.69, 9.17) is 19.4 Å². The third kappa shape index (κ3) is 9.12. The maximum atomic E-state index is 14.6. The molecule has 7 aromatic rings. The lowest BCUT2D eigenvalue weighted by molar-refractivity contribution is -0.136. The third-order valence-corrected chi connectivity index (χ3v) is 13.1. The van der Waals surface area contributed by atoms with Crippen LogP contribution in [0, 0.1) is 17.8 Å². The number of imidazole rings is 2. The van der Waals surface area contributed by atoms with Gasteiger partial charge in [0.1, 0.15) is 29.3 Å². The molecule has 2 aliphatic rings. The van der Waals surface area contributed by atoms with Gasteiger partial charge in [0.25, 0.3) is 5.91 Å². The van der Waals surface area contributed by atoms with E-state index in [-0.39, 0.29) is 35.6 Å². The largest absolute Gasteiger partial charge is 0.465 e. The van der Waals surface area contributed by atoms with Crippen molar-refractivity contribution in [2.24, 2.45) is 17.8 Å². The summed E-state index contributed by atoms with van der Waals surface area (Å²) >= 11 is 0. The molecular weight excluding hydrogens is 849 g/mol. The van der Waals surface area contributed by atoms with Gasteiger partial charge in [-0.25, -0.2) is 19.6 Å². The first-order valence-corrected chi connectivity index (χ1v) is 23.0. The van der Waals surface area contributed by atoms with E-state index in [1.807, 2.05) is 61.2 Å². The lowest BCUT2D eigenvalue weighted by Gasteiger charge is -2.29. The molecule has 0 bridgehead atoms. The summed E-state index contributed by atoms with van der Waals surface area (Å²) in [5.74, 6) is 0.938. The molecule has 348 valence electrons. The molecule has 15 heteroatoms. The maximum Gasteiger partial charge on any atom is 0.408 e. The second-order valence-electron chi connectivity index (χ2n) is 19.6. The Bertz CT molecular complexity index is 3010. The number of ether oxygens (including phenoxy) is 2. The number of amides is 4. The molecule has 2 aromatic heterocycles. The Kier molecular flexibility index (Phi) is 12.1. The molecule has 5 N–H and O–H groups in total. The van der Waals surface area contributed by atoms with Gasteiger partial charge in [0.15, 0.2) is 0 Å². The van der Waals surface area contributed by atoms with Crippen molar-refractivity contribution in [3.63, 3.8) is 0 Å². The van der Waals surface area contributed by atoms with E-state index >= 15 is 0 Å². The number of hydrogen-bond acceptors (Lipinski definition) is 8. The van der Waals surface area contributed by atoms with Crippen LogP contribution < -0.4 is 10.6 Å². The highest BCUT2D eigenvalue weighted by molar-refractivity contribution is 6.07. The van der Waals surface area contributed by atoms with Crippen LogP contribution in [0.3, 0.4) is 0 Å². The van der Waals surface area contributed by atoms with Crippen molar-refractivity contribution in [1.82, 2.24) is 40.4 Å². The second-order valence-corrected chi connectivity index (χ2v) is 19.6. The van der Waals surface area contributed by atoms with E-state index in [1.165, 1.54) is 0 Å². The summed E-state index contributed by atoms with van der Waals surface area (Å²) in [5.41, 5.74) is 5.34. The topological polar surface area (TPSA) is 195 Å². The van der Waals surface area contributed by atoms with E-state index in [9.17, 15) is 24.3 Å². The van der Waals surface area contributed by atoms with Crippen molar-refractivity contribution in [2.75, 3.05) is 26.8 Å². The predicted molar refractivity (Wildman–Crippen MR) is 257 cm³/mol. The average Bonchev–Trinajstić information content (AvgIpc) is 4.11. The summed E-state index contributed by atoms with van der Waals surface area (Å²) in [5, 5.41) is 18.8. The Morgan fingerprint density at radius 2 is 1.33 bits per heavy atom. The molecule has 2 aliphatic heterocycles. The number of likely N-dealkylation sites (tertiary alicyclic amines) is 2. The molecule has 5 aromatic carbocycles. The zero-order valence-electron chi connectivity index (χ0n) is 38.9. The van der Waals surface area contributed by atoms with E-state index in [0.29, 0.717) is 43.3 Å².